The van der Waals surface area contributed by atoms with Crippen LogP contribution in [0.5, 0.6) is 0 Å². The van der Waals surface area contributed by atoms with Crippen LogP contribution in [0.15, 0.2) is 46.2 Å². The van der Waals surface area contributed by atoms with Gasteiger partial charge in [-0.05, 0) is 42.3 Å². The molecule has 0 aliphatic carbocycles. The summed E-state index contributed by atoms with van der Waals surface area (Å²) in [5, 5.41) is 0. The molecule has 0 amide bonds. The molecule has 2 aromatic rings. The van der Waals surface area contributed by atoms with Gasteiger partial charge >= 0.3 is 0 Å². The first-order valence-electron chi connectivity index (χ1n) is 5.52. The molecule has 0 heterocycles. The molecule has 4 heteroatoms. The lowest BCUT2D eigenvalue weighted by molar-refractivity contribution is 0.506. The molecular weight excluding hydrogens is 252 g/mol. The van der Waals surface area contributed by atoms with Crippen LogP contribution in [0.25, 0.3) is 0 Å². The van der Waals surface area contributed by atoms with Crippen molar-refractivity contribution < 1.29 is 8.78 Å². The van der Waals surface area contributed by atoms with Gasteiger partial charge in [0, 0.05) is 16.3 Å². The molecular formula is C14H13F2NS. The van der Waals surface area contributed by atoms with Gasteiger partial charge in [0.25, 0.3) is 0 Å². The zero-order chi connectivity index (χ0) is 13.1. The summed E-state index contributed by atoms with van der Waals surface area (Å²) in [6.45, 7) is 2.47. The summed E-state index contributed by atoms with van der Waals surface area (Å²) in [7, 11) is 0. The zero-order valence-electron chi connectivity index (χ0n) is 9.91. The Labute approximate surface area is 109 Å². The van der Waals surface area contributed by atoms with Crippen LogP contribution < -0.4 is 5.73 Å². The highest BCUT2D eigenvalue weighted by molar-refractivity contribution is 7.99. The van der Waals surface area contributed by atoms with E-state index in [1.165, 1.54) is 17.8 Å². The number of hydrogen-bond acceptors (Lipinski definition) is 2. The smallest absolute Gasteiger partial charge is 0.159 e. The van der Waals surface area contributed by atoms with Gasteiger partial charge in [0.2, 0.25) is 0 Å². The van der Waals surface area contributed by atoms with Crippen molar-refractivity contribution in [1.29, 1.82) is 0 Å². The lowest BCUT2D eigenvalue weighted by Crippen LogP contribution is -1.96. The van der Waals surface area contributed by atoms with Gasteiger partial charge < -0.3 is 5.73 Å². The Kier molecular flexibility index (Phi) is 3.99. The average Bonchev–Trinajstić information content (AvgIpc) is 2.36. The van der Waals surface area contributed by atoms with Gasteiger partial charge in [-0.1, -0.05) is 23.9 Å². The van der Waals surface area contributed by atoms with Gasteiger partial charge in [0.1, 0.15) is 0 Å². The molecule has 2 N–H and O–H groups in total. The van der Waals surface area contributed by atoms with E-state index < -0.39 is 11.6 Å². The number of halogens is 2. The summed E-state index contributed by atoms with van der Waals surface area (Å²) >= 11 is 1.41. The monoisotopic (exact) mass is 265 g/mol. The highest BCUT2D eigenvalue weighted by Crippen LogP contribution is 2.31. The highest BCUT2D eigenvalue weighted by Gasteiger charge is 2.06. The number of benzene rings is 2. The van der Waals surface area contributed by atoms with E-state index in [1.54, 1.807) is 6.07 Å². The van der Waals surface area contributed by atoms with Crippen LogP contribution >= 0.6 is 11.8 Å². The largest absolute Gasteiger partial charge is 0.326 e. The maximum Gasteiger partial charge on any atom is 0.159 e. The first kappa shape index (κ1) is 13.1. The molecule has 0 saturated carbocycles. The van der Waals surface area contributed by atoms with Crippen LogP contribution in [0.3, 0.4) is 0 Å². The van der Waals surface area contributed by atoms with Gasteiger partial charge in [0.15, 0.2) is 11.6 Å². The van der Waals surface area contributed by atoms with Gasteiger partial charge in [-0.15, -0.1) is 0 Å². The second-order valence-corrected chi connectivity index (χ2v) is 5.10. The molecule has 18 heavy (non-hydrogen) atoms. The van der Waals surface area contributed by atoms with Crippen molar-refractivity contribution in [3.8, 4) is 0 Å². The second-order valence-electron chi connectivity index (χ2n) is 3.98. The molecule has 0 radical (unpaired) electrons. The summed E-state index contributed by atoms with van der Waals surface area (Å²) in [5.41, 5.74) is 7.69. The third-order valence-electron chi connectivity index (χ3n) is 2.59. The van der Waals surface area contributed by atoms with Gasteiger partial charge in [-0.3, -0.25) is 0 Å². The minimum atomic E-state index is -0.824. The van der Waals surface area contributed by atoms with Crippen LogP contribution in [0, 0.1) is 18.6 Å². The molecule has 0 saturated heterocycles. The van der Waals surface area contributed by atoms with E-state index in [-0.39, 0.29) is 0 Å². The van der Waals surface area contributed by atoms with Gasteiger partial charge in [-0.2, -0.15) is 0 Å². The number of aryl methyl sites for hydroxylation is 1. The van der Waals surface area contributed by atoms with Crippen LogP contribution in [0.4, 0.5) is 8.78 Å². The fourth-order valence-corrected chi connectivity index (χ4v) is 2.53. The number of hydrogen-bond donors (Lipinski definition) is 1. The first-order chi connectivity index (χ1) is 8.60. The van der Waals surface area contributed by atoms with E-state index in [9.17, 15) is 8.78 Å². The third-order valence-corrected chi connectivity index (χ3v) is 3.76. The van der Waals surface area contributed by atoms with Crippen molar-refractivity contribution in [1.82, 2.24) is 0 Å². The first-order valence-corrected chi connectivity index (χ1v) is 6.34. The van der Waals surface area contributed by atoms with E-state index in [1.807, 2.05) is 25.1 Å². The third kappa shape index (κ3) is 2.89. The maximum absolute atomic E-state index is 13.1. The van der Waals surface area contributed by atoms with Crippen LogP contribution in [-0.2, 0) is 6.54 Å². The van der Waals surface area contributed by atoms with E-state index in [2.05, 4.69) is 0 Å². The minimum absolute atomic E-state index is 0.497. The van der Waals surface area contributed by atoms with Crippen molar-refractivity contribution in [3.05, 3.63) is 59.2 Å². The van der Waals surface area contributed by atoms with E-state index >= 15 is 0 Å². The Hall–Kier alpha value is -1.39. The maximum atomic E-state index is 13.1. The van der Waals surface area contributed by atoms with E-state index in [0.717, 1.165) is 22.1 Å². The SMILES string of the molecule is Cc1cc(CN)ccc1Sc1ccc(F)c(F)c1. The summed E-state index contributed by atoms with van der Waals surface area (Å²) in [6, 6.07) is 9.80. The Bertz CT molecular complexity index is 570. The fraction of sp³-hybridized carbons (Fsp3) is 0.143. The zero-order valence-corrected chi connectivity index (χ0v) is 10.7. The summed E-state index contributed by atoms with van der Waals surface area (Å²) in [6.07, 6.45) is 0. The molecule has 0 fully saturated rings. The average molecular weight is 265 g/mol. The number of nitrogens with two attached hydrogens (primary N) is 1. The summed E-state index contributed by atoms with van der Waals surface area (Å²) < 4.78 is 25.9. The van der Waals surface area contributed by atoms with Crippen LogP contribution in [0.2, 0.25) is 0 Å². The van der Waals surface area contributed by atoms with Crippen molar-refractivity contribution in [2.24, 2.45) is 5.73 Å². The lowest BCUT2D eigenvalue weighted by atomic mass is 10.1. The molecule has 2 rings (SSSR count). The summed E-state index contributed by atoms with van der Waals surface area (Å²) in [4.78, 5) is 1.69. The number of rotatable bonds is 3. The second kappa shape index (κ2) is 5.50. The van der Waals surface area contributed by atoms with E-state index in [4.69, 9.17) is 5.73 Å². The molecule has 0 unspecified atom stereocenters. The molecule has 94 valence electrons. The fourth-order valence-electron chi connectivity index (χ4n) is 1.62. The van der Waals surface area contributed by atoms with Crippen molar-refractivity contribution in [2.45, 2.75) is 23.3 Å². The Balaban J connectivity index is 2.25. The molecule has 2 aromatic carbocycles. The molecule has 0 spiro atoms. The van der Waals surface area contributed by atoms with Gasteiger partial charge in [-0.25, -0.2) is 8.78 Å². The normalized spacial score (nSPS) is 10.7. The van der Waals surface area contributed by atoms with Crippen molar-refractivity contribution in [2.75, 3.05) is 0 Å². The molecule has 0 aliphatic rings. The van der Waals surface area contributed by atoms with Crippen molar-refractivity contribution >= 4 is 11.8 Å². The standard InChI is InChI=1S/C14H13F2NS/c1-9-6-10(8-17)2-5-14(9)18-11-3-4-12(15)13(16)7-11/h2-7H,8,17H2,1H3. The van der Waals surface area contributed by atoms with Crippen LogP contribution in [0.1, 0.15) is 11.1 Å². The minimum Gasteiger partial charge on any atom is -0.326 e. The lowest BCUT2D eigenvalue weighted by Gasteiger charge is -2.07. The molecule has 0 aromatic heterocycles. The predicted molar refractivity (Wildman–Crippen MR) is 69.6 cm³/mol. The van der Waals surface area contributed by atoms with Gasteiger partial charge in [0.05, 0.1) is 0 Å². The van der Waals surface area contributed by atoms with Crippen LogP contribution in [-0.4, -0.2) is 0 Å². The molecule has 1 nitrogen and oxygen atoms in total. The predicted octanol–water partition coefficient (Wildman–Crippen LogP) is 3.88. The van der Waals surface area contributed by atoms with E-state index in [0.29, 0.717) is 11.4 Å². The topological polar surface area (TPSA) is 26.0 Å². The molecule has 0 atom stereocenters. The highest BCUT2D eigenvalue weighted by atomic mass is 32.2. The Morgan fingerprint density at radius 2 is 1.83 bits per heavy atom. The Morgan fingerprint density at radius 1 is 1.06 bits per heavy atom. The van der Waals surface area contributed by atoms with Crippen molar-refractivity contribution in [3.63, 3.8) is 0 Å². The Morgan fingerprint density at radius 3 is 2.44 bits per heavy atom. The summed E-state index contributed by atoms with van der Waals surface area (Å²) in [5.74, 6) is -1.65. The molecule has 0 aliphatic heterocycles. The molecule has 0 bridgehead atoms. The quantitative estimate of drug-likeness (QED) is 0.911.